The van der Waals surface area contributed by atoms with Crippen LogP contribution in [0.2, 0.25) is 0 Å². The zero-order chi connectivity index (χ0) is 13.6. The third kappa shape index (κ3) is 1.11. The molecule has 2 saturated heterocycles. The van der Waals surface area contributed by atoms with Gasteiger partial charge in [0, 0.05) is 11.5 Å². The number of epoxide rings is 1. The molecule has 0 aromatic carbocycles. The van der Waals surface area contributed by atoms with Crippen LogP contribution in [-0.4, -0.2) is 34.5 Å². The minimum absolute atomic E-state index is 0.0387. The van der Waals surface area contributed by atoms with Gasteiger partial charge in [0.25, 0.3) is 0 Å². The van der Waals surface area contributed by atoms with Crippen LogP contribution in [0.4, 0.5) is 0 Å². The molecule has 0 bridgehead atoms. The van der Waals surface area contributed by atoms with Crippen molar-refractivity contribution in [1.82, 2.24) is 0 Å². The Bertz CT molecular complexity index is 536. The summed E-state index contributed by atoms with van der Waals surface area (Å²) in [5.41, 5.74) is 0.763. The fourth-order valence-electron chi connectivity index (χ4n) is 4.56. The lowest BCUT2D eigenvalue weighted by molar-refractivity contribution is -0.142. The molecule has 19 heavy (non-hydrogen) atoms. The molecule has 4 aliphatic rings. The van der Waals surface area contributed by atoms with Gasteiger partial charge in [-0.3, -0.25) is 0 Å². The van der Waals surface area contributed by atoms with Gasteiger partial charge in [-0.15, -0.1) is 0 Å². The molecule has 2 aliphatic carbocycles. The second kappa shape index (κ2) is 3.13. The van der Waals surface area contributed by atoms with Gasteiger partial charge in [0.05, 0.1) is 11.5 Å². The highest BCUT2D eigenvalue weighted by Crippen LogP contribution is 2.67. The largest absolute Gasteiger partial charge is 0.458 e. The van der Waals surface area contributed by atoms with E-state index >= 15 is 0 Å². The van der Waals surface area contributed by atoms with E-state index in [1.807, 2.05) is 13.0 Å². The van der Waals surface area contributed by atoms with E-state index < -0.39 is 11.7 Å². The summed E-state index contributed by atoms with van der Waals surface area (Å²) < 4.78 is 11.6. The topological polar surface area (TPSA) is 59.1 Å². The molecule has 2 heterocycles. The average molecular weight is 262 g/mol. The van der Waals surface area contributed by atoms with Crippen molar-refractivity contribution in [2.45, 2.75) is 50.1 Å². The number of esters is 1. The quantitative estimate of drug-likeness (QED) is 0.310. The van der Waals surface area contributed by atoms with Crippen molar-refractivity contribution < 1.29 is 19.4 Å². The summed E-state index contributed by atoms with van der Waals surface area (Å²) in [4.78, 5) is 11.8. The van der Waals surface area contributed by atoms with E-state index in [1.165, 1.54) is 0 Å². The monoisotopic (exact) mass is 262 g/mol. The maximum atomic E-state index is 11.8. The third-order valence-corrected chi connectivity index (χ3v) is 5.60. The smallest absolute Gasteiger partial charge is 0.334 e. The Labute approximate surface area is 112 Å². The molecule has 4 nitrogen and oxygen atoms in total. The predicted octanol–water partition coefficient (Wildman–Crippen LogP) is 1.34. The van der Waals surface area contributed by atoms with E-state index in [2.05, 4.69) is 13.5 Å². The fourth-order valence-corrected chi connectivity index (χ4v) is 4.56. The van der Waals surface area contributed by atoms with Crippen LogP contribution >= 0.6 is 0 Å². The number of ether oxygens (including phenoxy) is 2. The SMILES string of the molecule is C=C1C(=O)O[C@@H]2[C@H]3C(C)=C[C@@H](O)[C@@]34O[C@@]4(C)CC[C@@H]12. The van der Waals surface area contributed by atoms with Gasteiger partial charge >= 0.3 is 5.97 Å². The third-order valence-electron chi connectivity index (χ3n) is 5.60. The molecule has 0 radical (unpaired) electrons. The van der Waals surface area contributed by atoms with E-state index in [0.717, 1.165) is 18.4 Å². The number of carbonyl (C=O) groups excluding carboxylic acids is 1. The van der Waals surface area contributed by atoms with Gasteiger partial charge in [0.1, 0.15) is 17.8 Å². The van der Waals surface area contributed by atoms with E-state index in [0.29, 0.717) is 5.57 Å². The van der Waals surface area contributed by atoms with Gasteiger partial charge < -0.3 is 14.6 Å². The maximum absolute atomic E-state index is 11.8. The summed E-state index contributed by atoms with van der Waals surface area (Å²) in [5.74, 6) is -0.261. The number of fused-ring (bicyclic) bond motifs is 2. The van der Waals surface area contributed by atoms with Crippen LogP contribution in [0, 0.1) is 11.8 Å². The van der Waals surface area contributed by atoms with Crippen LogP contribution in [-0.2, 0) is 14.3 Å². The Morgan fingerprint density at radius 2 is 2.26 bits per heavy atom. The molecular formula is C15H18O4. The Balaban J connectivity index is 1.83. The van der Waals surface area contributed by atoms with Crippen LogP contribution in [0.15, 0.2) is 23.8 Å². The first-order valence-corrected chi connectivity index (χ1v) is 6.87. The molecule has 1 saturated carbocycles. The first kappa shape index (κ1) is 11.7. The molecule has 0 amide bonds. The summed E-state index contributed by atoms with van der Waals surface area (Å²) in [6.07, 6.45) is 2.70. The molecule has 102 valence electrons. The van der Waals surface area contributed by atoms with Gasteiger partial charge in [-0.25, -0.2) is 4.79 Å². The van der Waals surface area contributed by atoms with Gasteiger partial charge in [-0.1, -0.05) is 18.2 Å². The van der Waals surface area contributed by atoms with Crippen molar-refractivity contribution in [1.29, 1.82) is 0 Å². The van der Waals surface area contributed by atoms with E-state index in [9.17, 15) is 9.90 Å². The maximum Gasteiger partial charge on any atom is 0.334 e. The Morgan fingerprint density at radius 1 is 1.53 bits per heavy atom. The van der Waals surface area contributed by atoms with Crippen LogP contribution < -0.4 is 0 Å². The average Bonchev–Trinajstić information content (AvgIpc) is 2.77. The molecular weight excluding hydrogens is 244 g/mol. The van der Waals surface area contributed by atoms with Crippen molar-refractivity contribution >= 4 is 5.97 Å². The van der Waals surface area contributed by atoms with Crippen molar-refractivity contribution in [3.05, 3.63) is 23.8 Å². The number of rotatable bonds is 0. The summed E-state index contributed by atoms with van der Waals surface area (Å²) in [7, 11) is 0. The molecule has 4 heteroatoms. The predicted molar refractivity (Wildman–Crippen MR) is 67.2 cm³/mol. The lowest BCUT2D eigenvalue weighted by atomic mass is 9.77. The number of hydrogen-bond donors (Lipinski definition) is 1. The zero-order valence-corrected chi connectivity index (χ0v) is 11.2. The standard InChI is InChI=1S/C15H18O4/c1-7-6-10(16)15-11(7)12-9(8(2)13(17)18-12)4-5-14(15,3)19-15/h6,9-12,16H,2,4-5H2,1,3H3/t9-,10+,11+,12-,14-,15+/m0/s1. The normalized spacial score (nSPS) is 54.8. The van der Waals surface area contributed by atoms with Crippen LogP contribution in [0.5, 0.6) is 0 Å². The molecule has 6 atom stereocenters. The molecule has 2 aliphatic heterocycles. The molecule has 1 spiro atoms. The van der Waals surface area contributed by atoms with Gasteiger partial charge in [0.2, 0.25) is 0 Å². The Hall–Kier alpha value is -1.13. The number of aliphatic hydroxyl groups excluding tert-OH is 1. The lowest BCUT2D eigenvalue weighted by Crippen LogP contribution is -2.43. The molecule has 4 rings (SSSR count). The second-order valence-electron chi connectivity index (χ2n) is 6.50. The van der Waals surface area contributed by atoms with Crippen molar-refractivity contribution in [2.24, 2.45) is 11.8 Å². The van der Waals surface area contributed by atoms with Gasteiger partial charge in [-0.2, -0.15) is 0 Å². The van der Waals surface area contributed by atoms with Crippen molar-refractivity contribution in [3.8, 4) is 0 Å². The highest BCUT2D eigenvalue weighted by Gasteiger charge is 2.79. The molecule has 3 fully saturated rings. The van der Waals surface area contributed by atoms with E-state index in [1.54, 1.807) is 0 Å². The Morgan fingerprint density at radius 3 is 3.00 bits per heavy atom. The van der Waals surface area contributed by atoms with Crippen LogP contribution in [0.1, 0.15) is 26.7 Å². The highest BCUT2D eigenvalue weighted by atomic mass is 16.6. The first-order valence-electron chi connectivity index (χ1n) is 6.87. The minimum Gasteiger partial charge on any atom is -0.458 e. The fraction of sp³-hybridized carbons (Fsp3) is 0.667. The van der Waals surface area contributed by atoms with Crippen molar-refractivity contribution in [2.75, 3.05) is 0 Å². The molecule has 0 unspecified atom stereocenters. The van der Waals surface area contributed by atoms with E-state index in [4.69, 9.17) is 9.47 Å². The summed E-state index contributed by atoms with van der Waals surface area (Å²) >= 11 is 0. The molecule has 0 aromatic heterocycles. The van der Waals surface area contributed by atoms with Gasteiger partial charge in [0.15, 0.2) is 0 Å². The summed E-state index contributed by atoms with van der Waals surface area (Å²) in [5, 5.41) is 10.4. The number of aliphatic hydroxyl groups is 1. The number of carbonyl (C=O) groups is 1. The Kier molecular flexibility index (Phi) is 1.92. The van der Waals surface area contributed by atoms with E-state index in [-0.39, 0.29) is 29.5 Å². The second-order valence-corrected chi connectivity index (χ2v) is 6.50. The summed E-state index contributed by atoms with van der Waals surface area (Å²) in [6.45, 7) is 7.93. The van der Waals surface area contributed by atoms with Crippen molar-refractivity contribution in [3.63, 3.8) is 0 Å². The molecule has 0 aromatic rings. The van der Waals surface area contributed by atoms with Gasteiger partial charge in [-0.05, 0) is 26.7 Å². The summed E-state index contributed by atoms with van der Waals surface area (Å²) in [6, 6.07) is 0. The lowest BCUT2D eigenvalue weighted by Gasteiger charge is -2.28. The van der Waals surface area contributed by atoms with Crippen LogP contribution in [0.25, 0.3) is 0 Å². The highest BCUT2D eigenvalue weighted by molar-refractivity contribution is 5.91. The minimum atomic E-state index is -0.603. The zero-order valence-electron chi connectivity index (χ0n) is 11.2. The molecule has 1 N–H and O–H groups in total. The first-order chi connectivity index (χ1) is 8.91. The van der Waals surface area contributed by atoms with Crippen LogP contribution in [0.3, 0.4) is 0 Å². The number of hydrogen-bond acceptors (Lipinski definition) is 4.